The van der Waals surface area contributed by atoms with Crippen molar-refractivity contribution in [2.45, 2.75) is 44.2 Å². The molecule has 3 aromatic rings. The lowest BCUT2D eigenvalue weighted by atomic mass is 9.93. The van der Waals surface area contributed by atoms with Crippen molar-refractivity contribution in [3.8, 4) is 0 Å². The van der Waals surface area contributed by atoms with Crippen LogP contribution in [-0.4, -0.2) is 87.3 Å². The molecule has 10 heteroatoms. The molecule has 0 aliphatic carbocycles. The minimum absolute atomic E-state index is 0. The van der Waals surface area contributed by atoms with Crippen molar-refractivity contribution in [2.75, 3.05) is 50.5 Å². The molecular weight excluding hydrogens is 478 g/mol. The standard InChI is InChI=1S/C26H35N7O2.ClH/c1-26(35)12-17-32(18-13-26)22-5-4-14-33-23(22)28-25(29-33)27-20-8-6-19(7-9-20)24(34)31(3)21-10-15-30(2)16-11-21;/h4-9,14,21,35H,10-13,15-18H2,1-3H3,(H,27,29);1H. The summed E-state index contributed by atoms with van der Waals surface area (Å²) in [4.78, 5) is 24.2. The predicted octanol–water partition coefficient (Wildman–Crippen LogP) is 3.41. The van der Waals surface area contributed by atoms with Crippen LogP contribution in [0.3, 0.4) is 0 Å². The largest absolute Gasteiger partial charge is 0.390 e. The number of amides is 1. The molecule has 194 valence electrons. The Morgan fingerprint density at radius 1 is 1.11 bits per heavy atom. The minimum atomic E-state index is -0.600. The highest BCUT2D eigenvalue weighted by Gasteiger charge is 2.29. The molecule has 0 saturated carbocycles. The molecule has 9 nitrogen and oxygen atoms in total. The van der Waals surface area contributed by atoms with E-state index in [1.807, 2.05) is 55.4 Å². The molecule has 2 aliphatic rings. The van der Waals surface area contributed by atoms with Gasteiger partial charge in [-0.25, -0.2) is 4.52 Å². The summed E-state index contributed by atoms with van der Waals surface area (Å²) in [6, 6.07) is 11.8. The van der Waals surface area contributed by atoms with Crippen molar-refractivity contribution in [1.29, 1.82) is 0 Å². The normalized spacial score (nSPS) is 18.6. The first-order valence-corrected chi connectivity index (χ1v) is 12.4. The molecule has 0 bridgehead atoms. The molecule has 2 fully saturated rings. The Kier molecular flexibility index (Phi) is 7.73. The third-order valence-electron chi connectivity index (χ3n) is 7.47. The Morgan fingerprint density at radius 3 is 2.44 bits per heavy atom. The highest BCUT2D eigenvalue weighted by Crippen LogP contribution is 2.29. The summed E-state index contributed by atoms with van der Waals surface area (Å²) in [6.07, 6.45) is 5.36. The maximum absolute atomic E-state index is 13.0. The van der Waals surface area contributed by atoms with Gasteiger partial charge in [-0.1, -0.05) is 0 Å². The Bertz CT molecular complexity index is 1180. The third kappa shape index (κ3) is 5.58. The fourth-order valence-electron chi connectivity index (χ4n) is 5.00. The Labute approximate surface area is 218 Å². The number of carbonyl (C=O) groups excluding carboxylic acids is 1. The number of fused-ring (bicyclic) bond motifs is 1. The van der Waals surface area contributed by atoms with E-state index in [4.69, 9.17) is 4.98 Å². The van der Waals surface area contributed by atoms with Crippen LogP contribution in [0.5, 0.6) is 0 Å². The molecule has 2 N–H and O–H groups in total. The van der Waals surface area contributed by atoms with E-state index < -0.39 is 5.60 Å². The first kappa shape index (κ1) is 26.2. The van der Waals surface area contributed by atoms with Gasteiger partial charge < -0.3 is 25.1 Å². The lowest BCUT2D eigenvalue weighted by Crippen LogP contribution is -2.44. The molecule has 2 aromatic heterocycles. The number of rotatable bonds is 5. The van der Waals surface area contributed by atoms with Gasteiger partial charge in [0.25, 0.3) is 5.91 Å². The molecule has 1 aromatic carbocycles. The van der Waals surface area contributed by atoms with Crippen LogP contribution in [0, 0.1) is 0 Å². The molecule has 4 heterocycles. The number of carbonyl (C=O) groups is 1. The number of likely N-dealkylation sites (tertiary alicyclic amines) is 1. The van der Waals surface area contributed by atoms with Crippen LogP contribution in [-0.2, 0) is 0 Å². The number of piperidine rings is 2. The maximum Gasteiger partial charge on any atom is 0.253 e. The van der Waals surface area contributed by atoms with Crippen molar-refractivity contribution in [3.05, 3.63) is 48.2 Å². The Morgan fingerprint density at radius 2 is 1.78 bits per heavy atom. The third-order valence-corrected chi connectivity index (χ3v) is 7.47. The summed E-state index contributed by atoms with van der Waals surface area (Å²) in [5.41, 5.74) is 2.71. The lowest BCUT2D eigenvalue weighted by molar-refractivity contribution is 0.0351. The van der Waals surface area contributed by atoms with Crippen LogP contribution in [0.4, 0.5) is 17.3 Å². The second-order valence-corrected chi connectivity index (χ2v) is 10.2. The van der Waals surface area contributed by atoms with Gasteiger partial charge in [0, 0.05) is 43.6 Å². The number of anilines is 3. The summed E-state index contributed by atoms with van der Waals surface area (Å²) in [5.74, 6) is 0.561. The van der Waals surface area contributed by atoms with Gasteiger partial charge in [0.15, 0.2) is 5.65 Å². The van der Waals surface area contributed by atoms with Crippen LogP contribution in [0.15, 0.2) is 42.6 Å². The number of benzene rings is 1. The van der Waals surface area contributed by atoms with Gasteiger partial charge >= 0.3 is 0 Å². The fraction of sp³-hybridized carbons (Fsp3) is 0.500. The smallest absolute Gasteiger partial charge is 0.253 e. The van der Waals surface area contributed by atoms with Gasteiger partial charge in [0.1, 0.15) is 0 Å². The SMILES string of the molecule is CN1CCC(N(C)C(=O)c2ccc(Nc3nc4c(N5CCC(C)(O)CC5)cccn4n3)cc2)CC1.Cl. The van der Waals surface area contributed by atoms with E-state index in [2.05, 4.69) is 33.3 Å². The van der Waals surface area contributed by atoms with Gasteiger partial charge in [-0.3, -0.25) is 4.79 Å². The number of pyridine rings is 1. The molecule has 36 heavy (non-hydrogen) atoms. The highest BCUT2D eigenvalue weighted by atomic mass is 35.5. The first-order valence-electron chi connectivity index (χ1n) is 12.4. The quantitative estimate of drug-likeness (QED) is 0.540. The summed E-state index contributed by atoms with van der Waals surface area (Å²) < 4.78 is 1.78. The molecular formula is C26H36ClN7O2. The zero-order valence-corrected chi connectivity index (χ0v) is 22.0. The number of nitrogens with zero attached hydrogens (tertiary/aromatic N) is 6. The monoisotopic (exact) mass is 513 g/mol. The van der Waals surface area contributed by atoms with Crippen LogP contribution in [0.1, 0.15) is 43.0 Å². The van der Waals surface area contributed by atoms with Crippen molar-refractivity contribution in [2.24, 2.45) is 0 Å². The number of nitrogens with one attached hydrogen (secondary N) is 1. The van der Waals surface area contributed by atoms with Gasteiger partial charge in [-0.2, -0.15) is 4.98 Å². The summed E-state index contributed by atoms with van der Waals surface area (Å²) in [5, 5.41) is 18.1. The summed E-state index contributed by atoms with van der Waals surface area (Å²) in [7, 11) is 4.04. The van der Waals surface area contributed by atoms with E-state index in [1.165, 1.54) is 0 Å². The van der Waals surface area contributed by atoms with Gasteiger partial charge in [-0.05, 0) is 89.1 Å². The molecule has 2 aliphatic heterocycles. The van der Waals surface area contributed by atoms with Crippen LogP contribution >= 0.6 is 12.4 Å². The molecule has 1 amide bonds. The molecule has 0 unspecified atom stereocenters. The number of hydrogen-bond acceptors (Lipinski definition) is 7. The van der Waals surface area contributed by atoms with Gasteiger partial charge in [-0.15, -0.1) is 17.5 Å². The second-order valence-electron chi connectivity index (χ2n) is 10.2. The number of halogens is 1. The van der Waals surface area contributed by atoms with Crippen LogP contribution in [0.25, 0.3) is 5.65 Å². The fourth-order valence-corrected chi connectivity index (χ4v) is 5.00. The van der Waals surface area contributed by atoms with E-state index in [-0.39, 0.29) is 18.3 Å². The molecule has 5 rings (SSSR count). The summed E-state index contributed by atoms with van der Waals surface area (Å²) in [6.45, 7) is 5.51. The van der Waals surface area contributed by atoms with E-state index >= 15 is 0 Å². The zero-order valence-electron chi connectivity index (χ0n) is 21.2. The maximum atomic E-state index is 13.0. The average Bonchev–Trinajstić information content (AvgIpc) is 3.27. The second kappa shape index (κ2) is 10.6. The van der Waals surface area contributed by atoms with Crippen molar-refractivity contribution >= 4 is 41.3 Å². The van der Waals surface area contributed by atoms with Crippen LogP contribution < -0.4 is 10.2 Å². The van der Waals surface area contributed by atoms with Crippen molar-refractivity contribution in [3.63, 3.8) is 0 Å². The first-order chi connectivity index (χ1) is 16.8. The minimum Gasteiger partial charge on any atom is -0.390 e. The van der Waals surface area contributed by atoms with E-state index in [0.29, 0.717) is 17.6 Å². The summed E-state index contributed by atoms with van der Waals surface area (Å²) >= 11 is 0. The van der Waals surface area contributed by atoms with Gasteiger partial charge in [0.05, 0.1) is 11.3 Å². The Balaban J connectivity index is 0.00000304. The highest BCUT2D eigenvalue weighted by molar-refractivity contribution is 5.94. The topological polar surface area (TPSA) is 89.2 Å². The van der Waals surface area contributed by atoms with Crippen molar-refractivity contribution < 1.29 is 9.90 Å². The molecule has 0 spiro atoms. The van der Waals surface area contributed by atoms with E-state index in [0.717, 1.165) is 68.9 Å². The Hall–Kier alpha value is -2.88. The van der Waals surface area contributed by atoms with E-state index in [9.17, 15) is 9.90 Å². The molecule has 2 saturated heterocycles. The molecule has 0 radical (unpaired) electrons. The van der Waals surface area contributed by atoms with Crippen molar-refractivity contribution in [1.82, 2.24) is 24.4 Å². The van der Waals surface area contributed by atoms with Gasteiger partial charge in [0.2, 0.25) is 5.95 Å². The zero-order chi connectivity index (χ0) is 24.6. The lowest BCUT2D eigenvalue weighted by Gasteiger charge is -2.37. The predicted molar refractivity (Wildman–Crippen MR) is 145 cm³/mol. The van der Waals surface area contributed by atoms with Crippen LogP contribution in [0.2, 0.25) is 0 Å². The van der Waals surface area contributed by atoms with E-state index in [1.54, 1.807) is 4.52 Å². The number of aromatic nitrogens is 3. The average molecular weight is 514 g/mol. The number of aliphatic hydroxyl groups is 1. The number of hydrogen-bond donors (Lipinski definition) is 2. The molecule has 0 atom stereocenters.